The highest BCUT2D eigenvalue weighted by Gasteiger charge is 2.40. The number of fused-ring (bicyclic) bond motifs is 13. The van der Waals surface area contributed by atoms with Crippen LogP contribution in [-0.2, 0) is 0 Å². The van der Waals surface area contributed by atoms with Gasteiger partial charge in [-0.3, -0.25) is 24.1 Å². The van der Waals surface area contributed by atoms with E-state index >= 15 is 19.2 Å². The summed E-state index contributed by atoms with van der Waals surface area (Å²) in [4.78, 5) is 79.7. The second-order valence-electron chi connectivity index (χ2n) is 25.7. The van der Waals surface area contributed by atoms with Gasteiger partial charge in [-0.15, -0.1) is 0 Å². The van der Waals surface area contributed by atoms with Crippen LogP contribution in [0.15, 0.2) is 179 Å². The number of imide groups is 1. The first kappa shape index (κ1) is 59.9. The molecule has 10 aromatic carbocycles. The molecule has 0 aliphatic carbocycles. The number of benzene rings is 10. The standard InChI is InChI=1S/C82H60Cl4N6O4/c1-3-5-7-9-15-47(16-10-8-6-4-2)91-79(93)52-33-32-50-49-17-11-14-45-28-31-51-71(67(45)49)72-53(42-54(80(91)94)69(52)70(50)72)74-73(51)81(95)92(82(74)96)48-29-26-44(27-30-48)43-22-24-46(25-23-43)68-61-38-40-65(89-61)77(75-55(83)18-12-19-56(75)84)63-36-34-59(87-63)60-35-37-64(88-60)78(66-41-39-62(68)90-66)76-57(85)20-13-21-58(76)86/h11-14,17-42,47,87-89H,3-10,15-16H2,1-2H3. The summed E-state index contributed by atoms with van der Waals surface area (Å²) in [6.07, 6.45) is 13.7. The number of unbranched alkanes of at least 4 members (excludes halogenated alkanes) is 6. The molecule has 14 heteroatoms. The molecular formula is C82H60Cl4N6O4. The number of nitrogens with one attached hydrogen (secondary N) is 3. The summed E-state index contributed by atoms with van der Waals surface area (Å²) in [7, 11) is 0. The Labute approximate surface area is 570 Å². The van der Waals surface area contributed by atoms with E-state index in [2.05, 4.69) is 65.2 Å². The Morgan fingerprint density at radius 3 is 1.47 bits per heavy atom. The zero-order valence-corrected chi connectivity index (χ0v) is 55.5. The fourth-order valence-corrected chi connectivity index (χ4v) is 16.9. The van der Waals surface area contributed by atoms with Gasteiger partial charge < -0.3 is 15.0 Å². The molecular weight excluding hydrogens is 1270 g/mol. The summed E-state index contributed by atoms with van der Waals surface area (Å²) in [5, 5.41) is 10.5. The van der Waals surface area contributed by atoms with Gasteiger partial charge in [0, 0.05) is 72.4 Å². The first-order valence-electron chi connectivity index (χ1n) is 33.0. The number of amides is 2. The third-order valence-electron chi connectivity index (χ3n) is 20.2. The summed E-state index contributed by atoms with van der Waals surface area (Å²) >= 11 is 28.2. The molecule has 7 heterocycles. The normalized spacial score (nSPS) is 13.1. The second-order valence-corrected chi connectivity index (χ2v) is 27.3. The van der Waals surface area contributed by atoms with Crippen molar-refractivity contribution in [3.8, 4) is 50.2 Å². The van der Waals surface area contributed by atoms with Gasteiger partial charge in [0.1, 0.15) is 0 Å². The van der Waals surface area contributed by atoms with Gasteiger partial charge in [-0.05, 0) is 175 Å². The number of carbonyl (C=O) groups is 2. The van der Waals surface area contributed by atoms with E-state index < -0.39 is 11.1 Å². The van der Waals surface area contributed by atoms with Crippen LogP contribution in [0.3, 0.4) is 0 Å². The number of aromatic amines is 3. The smallest absolute Gasteiger partial charge is 0.266 e. The molecule has 10 nitrogen and oxygen atoms in total. The molecule has 0 radical (unpaired) electrons. The molecule has 0 spiro atoms. The van der Waals surface area contributed by atoms with Crippen LogP contribution in [0.2, 0.25) is 20.1 Å². The van der Waals surface area contributed by atoms with Crippen molar-refractivity contribution in [2.75, 3.05) is 0 Å². The molecule has 5 aromatic heterocycles. The minimum Gasteiger partial charge on any atom is -0.354 e. The number of hydrogen-bond acceptors (Lipinski definition) is 5. The predicted octanol–water partition coefficient (Wildman–Crippen LogP) is 22.6. The largest absolute Gasteiger partial charge is 0.354 e. The van der Waals surface area contributed by atoms with Crippen LogP contribution in [0.5, 0.6) is 0 Å². The van der Waals surface area contributed by atoms with Crippen LogP contribution in [0.4, 0.5) is 0 Å². The van der Waals surface area contributed by atoms with Gasteiger partial charge in [-0.2, -0.15) is 0 Å². The van der Waals surface area contributed by atoms with E-state index in [-0.39, 0.29) is 23.2 Å². The van der Waals surface area contributed by atoms with Gasteiger partial charge in [0.05, 0.1) is 59.0 Å². The van der Waals surface area contributed by atoms with Gasteiger partial charge in [-0.1, -0.05) is 197 Å². The molecule has 0 atom stereocenters. The number of carbonyl (C=O) groups excluding carboxylic acids is 2. The van der Waals surface area contributed by atoms with E-state index in [1.807, 2.05) is 146 Å². The lowest BCUT2D eigenvalue weighted by atomic mass is 9.80. The van der Waals surface area contributed by atoms with E-state index in [1.54, 1.807) is 4.90 Å². The molecule has 17 rings (SSSR count). The molecule has 96 heavy (non-hydrogen) atoms. The van der Waals surface area contributed by atoms with Crippen LogP contribution in [0.25, 0.3) is 160 Å². The quantitative estimate of drug-likeness (QED) is 0.0383. The van der Waals surface area contributed by atoms with E-state index in [9.17, 15) is 0 Å². The lowest BCUT2D eigenvalue weighted by Crippen LogP contribution is -2.47. The van der Waals surface area contributed by atoms with Crippen molar-refractivity contribution in [3.63, 3.8) is 0 Å². The minimum atomic E-state index is -0.472. The Kier molecular flexibility index (Phi) is 14.7. The Morgan fingerprint density at radius 2 is 0.854 bits per heavy atom. The molecule has 2 aliphatic rings. The first-order chi connectivity index (χ1) is 46.9. The number of aromatic nitrogens is 5. The third-order valence-corrected chi connectivity index (χ3v) is 21.4. The number of H-pyrrole nitrogens is 3. The van der Waals surface area contributed by atoms with Gasteiger partial charge in [0.2, 0.25) is 0 Å². The highest BCUT2D eigenvalue weighted by atomic mass is 35.5. The summed E-state index contributed by atoms with van der Waals surface area (Å²) in [5.74, 6) is -0.611. The average Bonchev–Trinajstić information content (AvgIpc) is 1.12. The van der Waals surface area contributed by atoms with Crippen molar-refractivity contribution >= 4 is 168 Å². The van der Waals surface area contributed by atoms with E-state index in [4.69, 9.17) is 51.4 Å². The number of hydrogen-bond donors (Lipinski definition) is 3. The van der Waals surface area contributed by atoms with Gasteiger partial charge in [-0.25, -0.2) is 9.55 Å². The van der Waals surface area contributed by atoms with Crippen LogP contribution in [0.1, 0.15) is 110 Å². The van der Waals surface area contributed by atoms with Crippen molar-refractivity contribution in [1.82, 2.24) is 29.4 Å². The Balaban J connectivity index is 0.805. The maximum atomic E-state index is 15.6. The highest BCUT2D eigenvalue weighted by molar-refractivity contribution is 6.47. The summed E-state index contributed by atoms with van der Waals surface area (Å²) in [5.41, 5.74) is 12.7. The van der Waals surface area contributed by atoms with E-state index in [0.717, 1.165) is 168 Å². The number of rotatable bonds is 16. The lowest BCUT2D eigenvalue weighted by Gasteiger charge is -2.35. The molecule has 470 valence electrons. The fourth-order valence-electron chi connectivity index (χ4n) is 15.7. The average molecular weight is 1340 g/mol. The Hall–Kier alpha value is -9.81. The molecule has 0 fully saturated rings. The maximum Gasteiger partial charge on any atom is 0.266 e. The molecule has 0 saturated heterocycles. The zero-order valence-electron chi connectivity index (χ0n) is 52.5. The third kappa shape index (κ3) is 9.31. The molecule has 0 saturated carbocycles. The van der Waals surface area contributed by atoms with Crippen molar-refractivity contribution < 1.29 is 9.59 Å². The van der Waals surface area contributed by atoms with E-state index in [1.165, 1.54) is 4.57 Å². The second kappa shape index (κ2) is 23.5. The molecule has 15 aromatic rings. The Morgan fingerprint density at radius 1 is 0.385 bits per heavy atom. The molecule has 0 unspecified atom stereocenters. The summed E-state index contributed by atoms with van der Waals surface area (Å²) in [6.45, 7) is 4.37. The fraction of sp³-hybridized carbons (Fsp3) is 0.159. The van der Waals surface area contributed by atoms with Crippen LogP contribution in [0, 0.1) is 0 Å². The van der Waals surface area contributed by atoms with Crippen molar-refractivity contribution in [1.29, 1.82) is 0 Å². The molecule has 8 bridgehead atoms. The monoisotopic (exact) mass is 1330 g/mol. The molecule has 3 N–H and O–H groups in total. The van der Waals surface area contributed by atoms with Gasteiger partial charge >= 0.3 is 0 Å². The minimum absolute atomic E-state index is 0.258. The summed E-state index contributed by atoms with van der Waals surface area (Å²) < 4.78 is 1.28. The van der Waals surface area contributed by atoms with Crippen molar-refractivity contribution in [3.05, 3.63) is 233 Å². The molecule has 2 amide bonds. The topological polar surface area (TPSA) is 137 Å². The van der Waals surface area contributed by atoms with Crippen LogP contribution in [-0.4, -0.2) is 47.3 Å². The first-order valence-corrected chi connectivity index (χ1v) is 34.6. The SMILES string of the molecule is CCCCCCC(CCCCCC)N1C(=O)c2ccc3c4cccc5ccc6c7c(=O)n(-c8ccc(-c9ccc(-c%10c%11nc(c(-c%12c(Cl)cccc%12Cl)c%12ccc([nH]%12)c%12ccc([nH]%12)c(-c%12c(Cl)cccc%12Cl)c%12ccc%10[nH]%12)C=C%11)cc9)cc8)c(=O)c7c7cc(c2c3c7c6c54)C1=O. The predicted molar refractivity (Wildman–Crippen MR) is 399 cm³/mol. The summed E-state index contributed by atoms with van der Waals surface area (Å²) in [6, 6.07) is 54.5. The van der Waals surface area contributed by atoms with Crippen LogP contribution >= 0.6 is 46.4 Å². The number of nitrogens with zero attached hydrogens (tertiary/aromatic N) is 3. The van der Waals surface area contributed by atoms with Crippen LogP contribution < -0.4 is 11.1 Å². The van der Waals surface area contributed by atoms with Gasteiger partial charge in [0.15, 0.2) is 0 Å². The number of halogens is 4. The maximum absolute atomic E-state index is 15.6. The van der Waals surface area contributed by atoms with E-state index in [0.29, 0.717) is 81.0 Å². The highest BCUT2D eigenvalue weighted by Crippen LogP contribution is 2.51. The zero-order chi connectivity index (χ0) is 65.4. The lowest BCUT2D eigenvalue weighted by molar-refractivity contribution is 0.0517. The van der Waals surface area contributed by atoms with Crippen molar-refractivity contribution in [2.45, 2.75) is 84.1 Å². The van der Waals surface area contributed by atoms with Gasteiger partial charge in [0.25, 0.3) is 22.9 Å². The molecule has 2 aliphatic heterocycles. The van der Waals surface area contributed by atoms with Crippen molar-refractivity contribution in [2.24, 2.45) is 0 Å². The Bertz CT molecular complexity index is 5990.